The molecule has 1 aromatic heterocycles. The molecule has 0 unspecified atom stereocenters. The number of hydrogen-bond acceptors (Lipinski definition) is 5. The maximum absolute atomic E-state index is 12.5. The summed E-state index contributed by atoms with van der Waals surface area (Å²) in [6.45, 7) is 0.385. The normalized spacial score (nSPS) is 11.9. The SMILES string of the molecule is N#Cc1ncccc1OCCc1ccc2c(c1)NC(=O)c1ccc(Cl)cc1N2. The van der Waals surface area contributed by atoms with Crippen LogP contribution < -0.4 is 15.4 Å². The van der Waals surface area contributed by atoms with Crippen LogP contribution in [0.4, 0.5) is 17.1 Å². The zero-order valence-electron chi connectivity index (χ0n) is 14.7. The molecular formula is C21H15ClN4O2. The number of nitriles is 1. The molecule has 2 N–H and O–H groups in total. The molecule has 0 fully saturated rings. The van der Waals surface area contributed by atoms with E-state index >= 15 is 0 Å². The number of halogens is 1. The number of rotatable bonds is 4. The summed E-state index contributed by atoms with van der Waals surface area (Å²) >= 11 is 6.05. The Hall–Kier alpha value is -3.56. The first kappa shape index (κ1) is 17.8. The van der Waals surface area contributed by atoms with Gasteiger partial charge in [-0.05, 0) is 48.0 Å². The average Bonchev–Trinajstić information content (AvgIpc) is 2.83. The Balaban J connectivity index is 1.50. The number of aromatic nitrogens is 1. The van der Waals surface area contributed by atoms with Gasteiger partial charge in [-0.1, -0.05) is 17.7 Å². The van der Waals surface area contributed by atoms with Gasteiger partial charge in [0.25, 0.3) is 5.91 Å². The van der Waals surface area contributed by atoms with Crippen LogP contribution in [0.25, 0.3) is 0 Å². The van der Waals surface area contributed by atoms with Crippen molar-refractivity contribution in [2.45, 2.75) is 6.42 Å². The highest BCUT2D eigenvalue weighted by Gasteiger charge is 2.19. The second kappa shape index (κ2) is 7.59. The van der Waals surface area contributed by atoms with Crippen LogP contribution in [0.2, 0.25) is 5.02 Å². The van der Waals surface area contributed by atoms with Crippen molar-refractivity contribution >= 4 is 34.6 Å². The zero-order valence-corrected chi connectivity index (χ0v) is 15.5. The highest BCUT2D eigenvalue weighted by Crippen LogP contribution is 2.34. The Labute approximate surface area is 166 Å². The number of ether oxygens (including phenoxy) is 1. The Morgan fingerprint density at radius 1 is 1.07 bits per heavy atom. The van der Waals surface area contributed by atoms with Crippen molar-refractivity contribution in [3.05, 3.63) is 76.6 Å². The van der Waals surface area contributed by atoms with Crippen molar-refractivity contribution < 1.29 is 9.53 Å². The van der Waals surface area contributed by atoms with E-state index in [9.17, 15) is 4.79 Å². The van der Waals surface area contributed by atoms with Gasteiger partial charge in [0.05, 0.1) is 29.2 Å². The summed E-state index contributed by atoms with van der Waals surface area (Å²) in [5.41, 5.74) is 3.93. The minimum atomic E-state index is -0.194. The fraction of sp³-hybridized carbons (Fsp3) is 0.0952. The smallest absolute Gasteiger partial charge is 0.257 e. The molecule has 1 aliphatic heterocycles. The van der Waals surface area contributed by atoms with E-state index in [-0.39, 0.29) is 11.6 Å². The number of amides is 1. The maximum atomic E-state index is 12.5. The lowest BCUT2D eigenvalue weighted by atomic mass is 10.1. The summed E-state index contributed by atoms with van der Waals surface area (Å²) in [5.74, 6) is 0.266. The molecule has 0 atom stereocenters. The van der Waals surface area contributed by atoms with Gasteiger partial charge in [-0.3, -0.25) is 4.79 Å². The molecule has 2 heterocycles. The van der Waals surface area contributed by atoms with Crippen LogP contribution in [0.1, 0.15) is 21.6 Å². The van der Waals surface area contributed by atoms with Crippen molar-refractivity contribution in [3.8, 4) is 11.8 Å². The number of carbonyl (C=O) groups excluding carboxylic acids is 1. The fourth-order valence-corrected chi connectivity index (χ4v) is 3.15. The molecule has 138 valence electrons. The predicted octanol–water partition coefficient (Wildman–Crippen LogP) is 4.54. The third-order valence-corrected chi connectivity index (χ3v) is 4.59. The van der Waals surface area contributed by atoms with Gasteiger partial charge in [0, 0.05) is 17.6 Å². The Kier molecular flexibility index (Phi) is 4.83. The number of pyridine rings is 1. The van der Waals surface area contributed by atoms with E-state index in [0.717, 1.165) is 11.3 Å². The lowest BCUT2D eigenvalue weighted by molar-refractivity contribution is 0.102. The van der Waals surface area contributed by atoms with Crippen LogP contribution in [0.5, 0.6) is 5.75 Å². The maximum Gasteiger partial charge on any atom is 0.257 e. The van der Waals surface area contributed by atoms with Gasteiger partial charge in [0.15, 0.2) is 11.4 Å². The number of carbonyl (C=O) groups is 1. The van der Waals surface area contributed by atoms with E-state index in [1.165, 1.54) is 0 Å². The lowest BCUT2D eigenvalue weighted by Gasteiger charge is -2.11. The number of hydrogen-bond donors (Lipinski definition) is 2. The minimum Gasteiger partial charge on any atom is -0.490 e. The van der Waals surface area contributed by atoms with Crippen LogP contribution in [0.3, 0.4) is 0 Å². The first-order chi connectivity index (χ1) is 13.6. The molecule has 1 aliphatic rings. The number of benzene rings is 2. The van der Waals surface area contributed by atoms with E-state index in [1.54, 1.807) is 36.5 Å². The molecule has 0 radical (unpaired) electrons. The van der Waals surface area contributed by atoms with Crippen LogP contribution >= 0.6 is 11.6 Å². The summed E-state index contributed by atoms with van der Waals surface area (Å²) < 4.78 is 5.68. The summed E-state index contributed by atoms with van der Waals surface area (Å²) in [6.07, 6.45) is 2.17. The molecule has 7 heteroatoms. The van der Waals surface area contributed by atoms with Gasteiger partial charge in [-0.2, -0.15) is 5.26 Å². The number of fused-ring (bicyclic) bond motifs is 2. The van der Waals surface area contributed by atoms with Crippen molar-refractivity contribution in [3.63, 3.8) is 0 Å². The van der Waals surface area contributed by atoms with Gasteiger partial charge in [0.1, 0.15) is 6.07 Å². The van der Waals surface area contributed by atoms with Crippen LogP contribution in [0, 0.1) is 11.3 Å². The highest BCUT2D eigenvalue weighted by atomic mass is 35.5. The molecule has 4 rings (SSSR count). The number of anilines is 3. The Bertz CT molecular complexity index is 1110. The summed E-state index contributed by atoms with van der Waals surface area (Å²) in [6, 6.07) is 16.3. The minimum absolute atomic E-state index is 0.194. The van der Waals surface area contributed by atoms with E-state index in [4.69, 9.17) is 21.6 Å². The third kappa shape index (κ3) is 3.61. The fourth-order valence-electron chi connectivity index (χ4n) is 2.98. The van der Waals surface area contributed by atoms with Crippen LogP contribution in [0.15, 0.2) is 54.7 Å². The van der Waals surface area contributed by atoms with Gasteiger partial charge < -0.3 is 15.4 Å². The number of nitrogens with zero attached hydrogens (tertiary/aromatic N) is 2. The predicted molar refractivity (Wildman–Crippen MR) is 107 cm³/mol. The molecule has 3 aromatic rings. The Morgan fingerprint density at radius 2 is 1.96 bits per heavy atom. The number of nitrogens with one attached hydrogen (secondary N) is 2. The topological polar surface area (TPSA) is 87.0 Å². The highest BCUT2D eigenvalue weighted by molar-refractivity contribution is 6.31. The van der Waals surface area contributed by atoms with E-state index < -0.39 is 0 Å². The quantitative estimate of drug-likeness (QED) is 0.683. The first-order valence-electron chi connectivity index (χ1n) is 8.63. The van der Waals surface area contributed by atoms with E-state index in [2.05, 4.69) is 15.6 Å². The average molecular weight is 391 g/mol. The van der Waals surface area contributed by atoms with Crippen LogP contribution in [-0.2, 0) is 6.42 Å². The first-order valence-corrected chi connectivity index (χ1v) is 9.00. The summed E-state index contributed by atoms with van der Waals surface area (Å²) in [5, 5.41) is 15.8. The van der Waals surface area contributed by atoms with E-state index in [0.29, 0.717) is 40.7 Å². The van der Waals surface area contributed by atoms with Crippen LogP contribution in [-0.4, -0.2) is 17.5 Å². The summed E-state index contributed by atoms with van der Waals surface area (Å²) in [7, 11) is 0. The molecule has 0 bridgehead atoms. The second-order valence-electron chi connectivity index (χ2n) is 6.21. The van der Waals surface area contributed by atoms with Crippen molar-refractivity contribution in [1.82, 2.24) is 4.98 Å². The van der Waals surface area contributed by atoms with Gasteiger partial charge in [-0.25, -0.2) is 4.98 Å². The molecule has 28 heavy (non-hydrogen) atoms. The lowest BCUT2D eigenvalue weighted by Crippen LogP contribution is -2.11. The van der Waals surface area contributed by atoms with Gasteiger partial charge in [-0.15, -0.1) is 0 Å². The molecule has 0 spiro atoms. The van der Waals surface area contributed by atoms with Crippen molar-refractivity contribution in [1.29, 1.82) is 5.26 Å². The zero-order chi connectivity index (χ0) is 19.5. The van der Waals surface area contributed by atoms with Crippen molar-refractivity contribution in [2.75, 3.05) is 17.2 Å². The second-order valence-corrected chi connectivity index (χ2v) is 6.65. The molecule has 0 saturated heterocycles. The molecule has 2 aromatic carbocycles. The molecule has 0 saturated carbocycles. The Morgan fingerprint density at radius 3 is 2.82 bits per heavy atom. The molecule has 0 aliphatic carbocycles. The standard InChI is InChI=1S/C21H15ClN4O2/c22-14-4-5-15-17(11-14)25-16-6-3-13(10-18(16)26-21(15)27)7-9-28-20-2-1-8-24-19(20)12-23/h1-6,8,10-11,25H,7,9H2,(H,26,27). The third-order valence-electron chi connectivity index (χ3n) is 4.35. The largest absolute Gasteiger partial charge is 0.490 e. The van der Waals surface area contributed by atoms with Gasteiger partial charge in [0.2, 0.25) is 0 Å². The van der Waals surface area contributed by atoms with Crippen molar-refractivity contribution in [2.24, 2.45) is 0 Å². The van der Waals surface area contributed by atoms with E-state index in [1.807, 2.05) is 24.3 Å². The van der Waals surface area contributed by atoms with Gasteiger partial charge >= 0.3 is 0 Å². The molecular weight excluding hydrogens is 376 g/mol. The molecule has 1 amide bonds. The monoisotopic (exact) mass is 390 g/mol. The molecule has 6 nitrogen and oxygen atoms in total. The summed E-state index contributed by atoms with van der Waals surface area (Å²) in [4.78, 5) is 16.5.